The topological polar surface area (TPSA) is 64.1 Å². The standard InChI is InChI=1S/C22H17N3O2S/c1-15-7-9-16(10-8-15)20-21(28-25-24-20)22(26)23-17-11-13-19(14-12-17)27-18-5-3-2-4-6-18/h2-14H,1H3,(H,23,26). The summed E-state index contributed by atoms with van der Waals surface area (Å²) in [6.07, 6.45) is 0. The molecule has 0 spiro atoms. The SMILES string of the molecule is Cc1ccc(-c2nnsc2C(=O)Nc2ccc(Oc3ccccc3)cc2)cc1. The molecule has 0 atom stereocenters. The van der Waals surface area contributed by atoms with Crippen LogP contribution in [0.5, 0.6) is 11.5 Å². The maximum absolute atomic E-state index is 12.7. The molecule has 0 saturated heterocycles. The lowest BCUT2D eigenvalue weighted by Crippen LogP contribution is -2.11. The Bertz CT molecular complexity index is 1070. The van der Waals surface area contributed by atoms with E-state index in [4.69, 9.17) is 4.74 Å². The van der Waals surface area contributed by atoms with Crippen LogP contribution < -0.4 is 10.1 Å². The van der Waals surface area contributed by atoms with Crippen molar-refractivity contribution in [1.82, 2.24) is 9.59 Å². The van der Waals surface area contributed by atoms with E-state index in [1.54, 1.807) is 12.1 Å². The van der Waals surface area contributed by atoms with E-state index in [1.165, 1.54) is 0 Å². The summed E-state index contributed by atoms with van der Waals surface area (Å²) < 4.78 is 9.72. The molecule has 138 valence electrons. The van der Waals surface area contributed by atoms with Crippen LogP contribution in [0.3, 0.4) is 0 Å². The molecule has 0 aliphatic carbocycles. The lowest BCUT2D eigenvalue weighted by molar-refractivity contribution is 0.103. The first kappa shape index (κ1) is 17.9. The van der Waals surface area contributed by atoms with Gasteiger partial charge in [-0.3, -0.25) is 4.79 Å². The van der Waals surface area contributed by atoms with Crippen molar-refractivity contribution < 1.29 is 9.53 Å². The summed E-state index contributed by atoms with van der Waals surface area (Å²) in [7, 11) is 0. The number of aromatic nitrogens is 2. The molecule has 1 aromatic heterocycles. The number of anilines is 1. The van der Waals surface area contributed by atoms with Gasteiger partial charge >= 0.3 is 0 Å². The van der Waals surface area contributed by atoms with Crippen LogP contribution in [0.15, 0.2) is 78.9 Å². The molecule has 0 aliphatic rings. The Balaban J connectivity index is 1.47. The molecule has 1 N–H and O–H groups in total. The van der Waals surface area contributed by atoms with E-state index >= 15 is 0 Å². The molecule has 0 saturated carbocycles. The van der Waals surface area contributed by atoms with Gasteiger partial charge in [0.2, 0.25) is 0 Å². The molecule has 0 fully saturated rings. The number of hydrogen-bond acceptors (Lipinski definition) is 5. The summed E-state index contributed by atoms with van der Waals surface area (Å²) in [6, 6.07) is 24.6. The largest absolute Gasteiger partial charge is 0.457 e. The van der Waals surface area contributed by atoms with E-state index in [-0.39, 0.29) is 5.91 Å². The van der Waals surface area contributed by atoms with Gasteiger partial charge in [-0.25, -0.2) is 0 Å². The number of carbonyl (C=O) groups excluding carboxylic acids is 1. The third-order valence-corrected chi connectivity index (χ3v) is 4.83. The fraction of sp³-hybridized carbons (Fsp3) is 0.0455. The minimum atomic E-state index is -0.234. The van der Waals surface area contributed by atoms with Crippen LogP contribution in [0.1, 0.15) is 15.2 Å². The Kier molecular flexibility index (Phi) is 5.12. The number of hydrogen-bond donors (Lipinski definition) is 1. The van der Waals surface area contributed by atoms with E-state index in [2.05, 4.69) is 14.9 Å². The highest BCUT2D eigenvalue weighted by atomic mass is 32.1. The first-order valence-electron chi connectivity index (χ1n) is 8.73. The Morgan fingerprint density at radius 3 is 2.29 bits per heavy atom. The monoisotopic (exact) mass is 387 g/mol. The zero-order valence-corrected chi connectivity index (χ0v) is 15.9. The summed E-state index contributed by atoms with van der Waals surface area (Å²) in [4.78, 5) is 13.2. The van der Waals surface area contributed by atoms with Gasteiger partial charge in [-0.1, -0.05) is 52.5 Å². The molecule has 0 unspecified atom stereocenters. The molecule has 0 bridgehead atoms. The number of para-hydroxylation sites is 1. The molecule has 1 amide bonds. The molecule has 6 heteroatoms. The van der Waals surface area contributed by atoms with Crippen LogP contribution in [-0.4, -0.2) is 15.5 Å². The predicted molar refractivity (Wildman–Crippen MR) is 111 cm³/mol. The average molecular weight is 387 g/mol. The fourth-order valence-corrected chi connectivity index (χ4v) is 3.24. The Morgan fingerprint density at radius 1 is 0.893 bits per heavy atom. The maximum Gasteiger partial charge on any atom is 0.269 e. The highest BCUT2D eigenvalue weighted by molar-refractivity contribution is 7.08. The Labute approximate surface area is 166 Å². The number of carbonyl (C=O) groups is 1. The van der Waals surface area contributed by atoms with Crippen LogP contribution in [-0.2, 0) is 0 Å². The van der Waals surface area contributed by atoms with Crippen molar-refractivity contribution in [2.24, 2.45) is 0 Å². The predicted octanol–water partition coefficient (Wildman–Crippen LogP) is 5.56. The Hall–Kier alpha value is -3.51. The number of amides is 1. The third kappa shape index (κ3) is 4.07. The minimum Gasteiger partial charge on any atom is -0.457 e. The van der Waals surface area contributed by atoms with Crippen molar-refractivity contribution in [2.45, 2.75) is 6.92 Å². The van der Waals surface area contributed by atoms with Crippen LogP contribution in [0, 0.1) is 6.92 Å². The number of rotatable bonds is 5. The lowest BCUT2D eigenvalue weighted by atomic mass is 10.1. The van der Waals surface area contributed by atoms with Crippen molar-refractivity contribution in [3.63, 3.8) is 0 Å². The normalized spacial score (nSPS) is 10.5. The molecule has 28 heavy (non-hydrogen) atoms. The van der Waals surface area contributed by atoms with Gasteiger partial charge in [-0.05, 0) is 54.9 Å². The minimum absolute atomic E-state index is 0.234. The second kappa shape index (κ2) is 8.02. The zero-order chi connectivity index (χ0) is 19.3. The van der Waals surface area contributed by atoms with Crippen molar-refractivity contribution in [1.29, 1.82) is 0 Å². The van der Waals surface area contributed by atoms with Crippen LogP contribution >= 0.6 is 11.5 Å². The molecule has 3 aromatic carbocycles. The number of ether oxygens (including phenoxy) is 1. The highest BCUT2D eigenvalue weighted by Gasteiger charge is 2.18. The number of nitrogens with one attached hydrogen (secondary N) is 1. The molecule has 0 radical (unpaired) electrons. The second-order valence-corrected chi connectivity index (χ2v) is 6.96. The van der Waals surface area contributed by atoms with E-state index in [1.807, 2.05) is 73.7 Å². The molecular formula is C22H17N3O2S. The van der Waals surface area contributed by atoms with Crippen molar-refractivity contribution in [3.8, 4) is 22.8 Å². The molecule has 4 rings (SSSR count). The third-order valence-electron chi connectivity index (χ3n) is 4.11. The van der Waals surface area contributed by atoms with Crippen molar-refractivity contribution >= 4 is 23.1 Å². The number of nitrogens with zero attached hydrogens (tertiary/aromatic N) is 2. The number of benzene rings is 3. The quantitative estimate of drug-likeness (QED) is 0.487. The molecule has 1 heterocycles. The number of aryl methyl sites for hydroxylation is 1. The zero-order valence-electron chi connectivity index (χ0n) is 15.1. The average Bonchev–Trinajstić information content (AvgIpc) is 3.21. The summed E-state index contributed by atoms with van der Waals surface area (Å²) >= 11 is 1.08. The molecule has 5 nitrogen and oxygen atoms in total. The fourth-order valence-electron chi connectivity index (χ4n) is 2.66. The van der Waals surface area contributed by atoms with Gasteiger partial charge in [0, 0.05) is 11.3 Å². The van der Waals surface area contributed by atoms with Crippen molar-refractivity contribution in [3.05, 3.63) is 89.3 Å². The van der Waals surface area contributed by atoms with Gasteiger partial charge in [0.1, 0.15) is 22.1 Å². The van der Waals surface area contributed by atoms with Gasteiger partial charge < -0.3 is 10.1 Å². The lowest BCUT2D eigenvalue weighted by Gasteiger charge is -2.08. The smallest absolute Gasteiger partial charge is 0.269 e. The second-order valence-electron chi connectivity index (χ2n) is 6.21. The Morgan fingerprint density at radius 2 is 1.57 bits per heavy atom. The molecular weight excluding hydrogens is 370 g/mol. The van der Waals surface area contributed by atoms with E-state index in [0.717, 1.165) is 28.4 Å². The summed E-state index contributed by atoms with van der Waals surface area (Å²) in [6.45, 7) is 2.02. The maximum atomic E-state index is 12.7. The van der Waals surface area contributed by atoms with Crippen LogP contribution in [0.4, 0.5) is 5.69 Å². The van der Waals surface area contributed by atoms with E-state index in [9.17, 15) is 4.79 Å². The van der Waals surface area contributed by atoms with Gasteiger partial charge in [-0.15, -0.1) is 5.10 Å². The highest BCUT2D eigenvalue weighted by Crippen LogP contribution is 2.26. The summed E-state index contributed by atoms with van der Waals surface area (Å²) in [5.74, 6) is 1.23. The van der Waals surface area contributed by atoms with E-state index < -0.39 is 0 Å². The van der Waals surface area contributed by atoms with Crippen molar-refractivity contribution in [2.75, 3.05) is 5.32 Å². The molecule has 0 aliphatic heterocycles. The van der Waals surface area contributed by atoms with Gasteiger partial charge in [0.25, 0.3) is 5.91 Å². The van der Waals surface area contributed by atoms with Gasteiger partial charge in [-0.2, -0.15) is 0 Å². The van der Waals surface area contributed by atoms with Gasteiger partial charge in [0.15, 0.2) is 0 Å². The van der Waals surface area contributed by atoms with Crippen LogP contribution in [0.2, 0.25) is 0 Å². The first-order valence-corrected chi connectivity index (χ1v) is 9.50. The summed E-state index contributed by atoms with van der Waals surface area (Å²) in [5, 5.41) is 7.02. The molecule has 4 aromatic rings. The van der Waals surface area contributed by atoms with E-state index in [0.29, 0.717) is 22.0 Å². The van der Waals surface area contributed by atoms with Gasteiger partial charge in [0.05, 0.1) is 0 Å². The summed E-state index contributed by atoms with van der Waals surface area (Å²) in [5.41, 5.74) is 3.28. The van der Waals surface area contributed by atoms with Crippen LogP contribution in [0.25, 0.3) is 11.3 Å². The first-order chi connectivity index (χ1) is 13.7.